The summed E-state index contributed by atoms with van der Waals surface area (Å²) in [6, 6.07) is 1.42. The number of rotatable bonds is 11. The summed E-state index contributed by atoms with van der Waals surface area (Å²) in [7, 11) is 0. The minimum Gasteiger partial charge on any atom is -0.480 e. The average molecular weight is 610 g/mol. The van der Waals surface area contributed by atoms with Crippen molar-refractivity contribution in [2.75, 3.05) is 6.54 Å². The highest BCUT2D eigenvalue weighted by Crippen LogP contribution is 2.39. The summed E-state index contributed by atoms with van der Waals surface area (Å²) in [5, 5.41) is 22.2. The third-order valence-corrected chi connectivity index (χ3v) is 7.21. The fraction of sp³-hybridized carbons (Fsp3) is 0.400. The Bertz CT molecular complexity index is 1570. The Labute approximate surface area is 250 Å². The maximum absolute atomic E-state index is 13.6. The molecule has 2 aliphatic rings. The SMILES string of the molecule is CCNC(=O)CC[C@@H](C(=O)O)N1C(=O)c2ccc3c4c(ccc(c24)C1=O)C(=O)N([C@@H](CCC(=O)OC(C)(C)C)C(=O)O)C3=O. The van der Waals surface area contributed by atoms with Gasteiger partial charge in [0, 0.05) is 52.4 Å². The number of esters is 1. The van der Waals surface area contributed by atoms with E-state index in [1.807, 2.05) is 0 Å². The number of hydrogen-bond acceptors (Lipinski definition) is 9. The van der Waals surface area contributed by atoms with E-state index >= 15 is 0 Å². The van der Waals surface area contributed by atoms with Gasteiger partial charge in [-0.25, -0.2) is 9.59 Å². The van der Waals surface area contributed by atoms with Crippen molar-refractivity contribution in [2.45, 2.75) is 71.1 Å². The number of amides is 5. The Morgan fingerprint density at radius 1 is 0.727 bits per heavy atom. The van der Waals surface area contributed by atoms with Crippen LogP contribution in [0.25, 0.3) is 10.8 Å². The Hall–Kier alpha value is -5.14. The van der Waals surface area contributed by atoms with Crippen LogP contribution in [0.5, 0.6) is 0 Å². The first-order valence-electron chi connectivity index (χ1n) is 13.9. The molecule has 0 saturated carbocycles. The number of hydrogen-bond donors (Lipinski definition) is 3. The lowest BCUT2D eigenvalue weighted by molar-refractivity contribution is -0.155. The third-order valence-electron chi connectivity index (χ3n) is 7.21. The number of ether oxygens (including phenoxy) is 1. The second kappa shape index (κ2) is 11.9. The number of carbonyl (C=O) groups is 8. The molecule has 2 aromatic rings. The molecule has 2 heterocycles. The zero-order valence-corrected chi connectivity index (χ0v) is 24.5. The molecule has 0 radical (unpaired) electrons. The second-order valence-electron chi connectivity index (χ2n) is 11.4. The Balaban J connectivity index is 1.72. The molecule has 14 heteroatoms. The van der Waals surface area contributed by atoms with Crippen molar-refractivity contribution in [3.63, 3.8) is 0 Å². The molecule has 0 bridgehead atoms. The van der Waals surface area contributed by atoms with E-state index in [2.05, 4.69) is 5.32 Å². The van der Waals surface area contributed by atoms with Gasteiger partial charge in [0.15, 0.2) is 0 Å². The Morgan fingerprint density at radius 2 is 1.09 bits per heavy atom. The van der Waals surface area contributed by atoms with E-state index in [0.29, 0.717) is 16.3 Å². The summed E-state index contributed by atoms with van der Waals surface area (Å²) < 4.78 is 5.21. The molecule has 4 rings (SSSR count). The standard InChI is InChI=1S/C30H31N3O11/c1-5-31-20(34)12-10-18(28(40)41)32-24(36)14-6-8-16-23-17(9-7-15(22(14)23)25(32)37)27(39)33(26(16)38)19(29(42)43)11-13-21(35)44-30(2,3)4/h6-9,18-19H,5,10-13H2,1-4H3,(H,31,34)(H,40,41)(H,42,43)/t18-,19-/m0/s1. The van der Waals surface area contributed by atoms with Crippen molar-refractivity contribution < 1.29 is 53.3 Å². The maximum atomic E-state index is 13.6. The van der Waals surface area contributed by atoms with Crippen LogP contribution in [0, 0.1) is 0 Å². The largest absolute Gasteiger partial charge is 0.480 e. The quantitative estimate of drug-likeness (QED) is 0.248. The lowest BCUT2D eigenvalue weighted by atomic mass is 9.84. The van der Waals surface area contributed by atoms with Crippen LogP contribution in [0.3, 0.4) is 0 Å². The molecule has 2 aliphatic heterocycles. The van der Waals surface area contributed by atoms with E-state index in [4.69, 9.17) is 4.74 Å². The Kier molecular flexibility index (Phi) is 8.57. The molecule has 0 saturated heterocycles. The molecule has 0 unspecified atom stereocenters. The summed E-state index contributed by atoms with van der Waals surface area (Å²) in [4.78, 5) is 104. The minimum atomic E-state index is -1.72. The maximum Gasteiger partial charge on any atom is 0.326 e. The number of carbonyl (C=O) groups excluding carboxylic acids is 6. The van der Waals surface area contributed by atoms with Gasteiger partial charge in [0.05, 0.1) is 0 Å². The monoisotopic (exact) mass is 609 g/mol. The number of nitrogens with one attached hydrogen (secondary N) is 1. The highest BCUT2D eigenvalue weighted by molar-refractivity contribution is 6.34. The molecule has 5 amide bonds. The smallest absolute Gasteiger partial charge is 0.326 e. The number of aliphatic carboxylic acids is 2. The van der Waals surface area contributed by atoms with Crippen molar-refractivity contribution in [1.29, 1.82) is 0 Å². The van der Waals surface area contributed by atoms with Crippen LogP contribution in [0.2, 0.25) is 0 Å². The number of imide groups is 2. The van der Waals surface area contributed by atoms with Gasteiger partial charge in [-0.1, -0.05) is 0 Å². The van der Waals surface area contributed by atoms with Crippen LogP contribution < -0.4 is 5.32 Å². The molecule has 0 fully saturated rings. The predicted molar refractivity (Wildman–Crippen MR) is 151 cm³/mol. The van der Waals surface area contributed by atoms with E-state index in [0.717, 1.165) is 0 Å². The van der Waals surface area contributed by atoms with E-state index in [1.54, 1.807) is 27.7 Å². The first-order chi connectivity index (χ1) is 20.6. The topological polar surface area (TPSA) is 205 Å². The van der Waals surface area contributed by atoms with Gasteiger partial charge < -0.3 is 20.3 Å². The van der Waals surface area contributed by atoms with Gasteiger partial charge in [-0.2, -0.15) is 0 Å². The van der Waals surface area contributed by atoms with Crippen molar-refractivity contribution in [1.82, 2.24) is 15.1 Å². The average Bonchev–Trinajstić information content (AvgIpc) is 2.92. The summed E-state index contributed by atoms with van der Waals surface area (Å²) in [6.07, 6.45) is -1.43. The van der Waals surface area contributed by atoms with Crippen molar-refractivity contribution >= 4 is 58.2 Å². The van der Waals surface area contributed by atoms with Gasteiger partial charge in [-0.15, -0.1) is 0 Å². The summed E-state index contributed by atoms with van der Waals surface area (Å²) in [5.41, 5.74) is -1.41. The van der Waals surface area contributed by atoms with Gasteiger partial charge in [0.25, 0.3) is 23.6 Å². The lowest BCUT2D eigenvalue weighted by Crippen LogP contribution is -2.52. The zero-order valence-electron chi connectivity index (χ0n) is 24.5. The lowest BCUT2D eigenvalue weighted by Gasteiger charge is -2.35. The normalized spacial score (nSPS) is 15.7. The van der Waals surface area contributed by atoms with Gasteiger partial charge >= 0.3 is 17.9 Å². The molecule has 14 nitrogen and oxygen atoms in total. The molecular weight excluding hydrogens is 578 g/mol. The number of benzene rings is 2. The van der Waals surface area contributed by atoms with Crippen molar-refractivity contribution in [3.05, 3.63) is 46.5 Å². The summed E-state index contributed by atoms with van der Waals surface area (Å²) in [6.45, 7) is 6.89. The van der Waals surface area contributed by atoms with Crippen LogP contribution in [-0.4, -0.2) is 91.7 Å². The molecule has 2 aromatic carbocycles. The zero-order chi connectivity index (χ0) is 32.7. The van der Waals surface area contributed by atoms with Crippen LogP contribution in [0.4, 0.5) is 0 Å². The van der Waals surface area contributed by atoms with Crippen molar-refractivity contribution in [3.8, 4) is 0 Å². The van der Waals surface area contributed by atoms with Crippen molar-refractivity contribution in [2.24, 2.45) is 0 Å². The van der Waals surface area contributed by atoms with Crippen LogP contribution in [0.15, 0.2) is 24.3 Å². The first-order valence-corrected chi connectivity index (χ1v) is 13.9. The molecule has 0 spiro atoms. The molecule has 232 valence electrons. The van der Waals surface area contributed by atoms with E-state index in [9.17, 15) is 48.6 Å². The van der Waals surface area contributed by atoms with E-state index in [-0.39, 0.29) is 45.9 Å². The summed E-state index contributed by atoms with van der Waals surface area (Å²) >= 11 is 0. The molecule has 44 heavy (non-hydrogen) atoms. The molecular formula is C30H31N3O11. The minimum absolute atomic E-state index is 0.0407. The van der Waals surface area contributed by atoms with E-state index < -0.39 is 78.0 Å². The van der Waals surface area contributed by atoms with E-state index in [1.165, 1.54) is 24.3 Å². The van der Waals surface area contributed by atoms with Crippen LogP contribution in [-0.2, 0) is 23.9 Å². The van der Waals surface area contributed by atoms with Gasteiger partial charge in [-0.05, 0) is 64.8 Å². The number of carboxylic acids is 2. The first kappa shape index (κ1) is 31.8. The highest BCUT2D eigenvalue weighted by Gasteiger charge is 2.45. The molecule has 3 N–H and O–H groups in total. The molecule has 0 aliphatic carbocycles. The number of carboxylic acid groups (broad SMARTS) is 2. The fourth-order valence-corrected chi connectivity index (χ4v) is 5.40. The van der Waals surface area contributed by atoms with Gasteiger partial charge in [0.2, 0.25) is 5.91 Å². The predicted octanol–water partition coefficient (Wildman–Crippen LogP) is 1.98. The fourth-order valence-electron chi connectivity index (χ4n) is 5.40. The molecule has 0 aromatic heterocycles. The second-order valence-corrected chi connectivity index (χ2v) is 11.4. The number of nitrogens with zero attached hydrogens (tertiary/aromatic N) is 2. The van der Waals surface area contributed by atoms with Gasteiger partial charge in [0.1, 0.15) is 17.7 Å². The van der Waals surface area contributed by atoms with Crippen LogP contribution in [0.1, 0.15) is 94.8 Å². The van der Waals surface area contributed by atoms with Crippen LogP contribution >= 0.6 is 0 Å². The third kappa shape index (κ3) is 5.74. The Morgan fingerprint density at radius 3 is 1.41 bits per heavy atom. The molecule has 2 atom stereocenters. The summed E-state index contributed by atoms with van der Waals surface area (Å²) in [5.74, 6) is -8.19. The van der Waals surface area contributed by atoms with Gasteiger partial charge in [-0.3, -0.25) is 38.6 Å². The highest BCUT2D eigenvalue weighted by atomic mass is 16.6.